The number of rotatable bonds is 6. The van der Waals surface area contributed by atoms with Gasteiger partial charge < -0.3 is 9.64 Å². The first-order valence-electron chi connectivity index (χ1n) is 9.14. The largest absolute Gasteiger partial charge is 0.497 e. The molecule has 0 unspecified atom stereocenters. The normalized spacial score (nSPS) is 14.2. The number of aromatic nitrogens is 3. The van der Waals surface area contributed by atoms with Gasteiger partial charge in [-0.05, 0) is 49.0 Å². The van der Waals surface area contributed by atoms with Crippen LogP contribution in [0.1, 0.15) is 5.56 Å². The molecule has 4 rings (SSSR count). The molecule has 0 spiro atoms. The SMILES string of the molecule is COc1ccc(-c2ncnc(N3CC(N(C)Cc4ccncc4)C3)c2F)cc1. The molecule has 0 radical (unpaired) electrons. The van der Waals surface area contributed by atoms with Crippen molar-refractivity contribution in [2.75, 3.05) is 32.1 Å². The highest BCUT2D eigenvalue weighted by atomic mass is 19.1. The average Bonchev–Trinajstić information content (AvgIpc) is 2.69. The maximum Gasteiger partial charge on any atom is 0.191 e. The molecule has 1 aliphatic heterocycles. The van der Waals surface area contributed by atoms with Crippen LogP contribution < -0.4 is 9.64 Å². The van der Waals surface area contributed by atoms with Crippen LogP contribution >= 0.6 is 0 Å². The number of ether oxygens (including phenoxy) is 1. The Kier molecular flexibility index (Phi) is 5.16. The lowest BCUT2D eigenvalue weighted by Gasteiger charge is -2.44. The van der Waals surface area contributed by atoms with E-state index in [1.54, 1.807) is 43.8 Å². The first-order valence-corrected chi connectivity index (χ1v) is 9.14. The Morgan fingerprint density at radius 3 is 2.50 bits per heavy atom. The van der Waals surface area contributed by atoms with E-state index in [9.17, 15) is 0 Å². The Morgan fingerprint density at radius 2 is 1.82 bits per heavy atom. The Labute approximate surface area is 163 Å². The molecular formula is C21H22FN5O. The number of likely N-dealkylation sites (N-methyl/N-ethyl adjacent to an activating group) is 1. The van der Waals surface area contributed by atoms with E-state index >= 15 is 4.39 Å². The summed E-state index contributed by atoms with van der Waals surface area (Å²) in [6.45, 7) is 2.31. The molecule has 0 saturated carbocycles. The number of hydrogen-bond acceptors (Lipinski definition) is 6. The zero-order chi connectivity index (χ0) is 19.5. The Hall–Kier alpha value is -3.06. The van der Waals surface area contributed by atoms with E-state index in [-0.39, 0.29) is 5.82 Å². The molecule has 6 nitrogen and oxygen atoms in total. The molecule has 2 aromatic heterocycles. The lowest BCUT2D eigenvalue weighted by molar-refractivity contribution is 0.196. The third-order valence-electron chi connectivity index (χ3n) is 5.10. The van der Waals surface area contributed by atoms with Gasteiger partial charge in [0.25, 0.3) is 0 Å². The van der Waals surface area contributed by atoms with Crippen LogP contribution in [0.4, 0.5) is 10.2 Å². The molecule has 144 valence electrons. The molecular weight excluding hydrogens is 357 g/mol. The van der Waals surface area contributed by atoms with Crippen molar-refractivity contribution in [3.05, 3.63) is 66.5 Å². The average molecular weight is 379 g/mol. The van der Waals surface area contributed by atoms with E-state index in [0.717, 1.165) is 25.4 Å². The number of hydrogen-bond donors (Lipinski definition) is 0. The van der Waals surface area contributed by atoms with E-state index in [1.165, 1.54) is 11.9 Å². The van der Waals surface area contributed by atoms with Gasteiger partial charge in [0.2, 0.25) is 0 Å². The molecule has 1 saturated heterocycles. The fourth-order valence-corrected chi connectivity index (χ4v) is 3.34. The molecule has 1 fully saturated rings. The zero-order valence-electron chi connectivity index (χ0n) is 15.9. The van der Waals surface area contributed by atoms with Gasteiger partial charge >= 0.3 is 0 Å². The molecule has 28 heavy (non-hydrogen) atoms. The summed E-state index contributed by atoms with van der Waals surface area (Å²) in [5, 5.41) is 0. The molecule has 3 aromatic rings. The van der Waals surface area contributed by atoms with Crippen molar-refractivity contribution in [2.45, 2.75) is 12.6 Å². The van der Waals surface area contributed by atoms with Gasteiger partial charge in [0.15, 0.2) is 11.6 Å². The van der Waals surface area contributed by atoms with E-state index in [4.69, 9.17) is 4.74 Å². The van der Waals surface area contributed by atoms with E-state index < -0.39 is 0 Å². The summed E-state index contributed by atoms with van der Waals surface area (Å²) in [5.41, 5.74) is 2.22. The molecule has 1 aromatic carbocycles. The lowest BCUT2D eigenvalue weighted by Crippen LogP contribution is -2.58. The maximum absolute atomic E-state index is 15.1. The van der Waals surface area contributed by atoms with Crippen LogP contribution in [0.5, 0.6) is 5.75 Å². The molecule has 3 heterocycles. The Balaban J connectivity index is 1.44. The highest BCUT2D eigenvalue weighted by Crippen LogP contribution is 2.30. The van der Waals surface area contributed by atoms with Crippen molar-refractivity contribution in [1.82, 2.24) is 19.9 Å². The maximum atomic E-state index is 15.1. The summed E-state index contributed by atoms with van der Waals surface area (Å²) in [6.07, 6.45) is 5.02. The minimum Gasteiger partial charge on any atom is -0.497 e. The summed E-state index contributed by atoms with van der Waals surface area (Å²) in [7, 11) is 3.69. The summed E-state index contributed by atoms with van der Waals surface area (Å²) in [4.78, 5) is 16.6. The van der Waals surface area contributed by atoms with Crippen molar-refractivity contribution < 1.29 is 9.13 Å². The predicted molar refractivity (Wildman–Crippen MR) is 106 cm³/mol. The summed E-state index contributed by atoms with van der Waals surface area (Å²) >= 11 is 0. The fraction of sp³-hybridized carbons (Fsp3) is 0.286. The summed E-state index contributed by atoms with van der Waals surface area (Å²) in [6, 6.07) is 11.6. The number of pyridine rings is 1. The van der Waals surface area contributed by atoms with Gasteiger partial charge in [0, 0.05) is 43.6 Å². The van der Waals surface area contributed by atoms with Crippen LogP contribution in [0.2, 0.25) is 0 Å². The molecule has 0 aliphatic carbocycles. The monoisotopic (exact) mass is 379 g/mol. The highest BCUT2D eigenvalue weighted by Gasteiger charge is 2.33. The standard InChI is InChI=1S/C21H22FN5O/c1-26(11-15-7-9-23-10-8-15)17-12-27(13-17)21-19(22)20(24-14-25-21)16-3-5-18(28-2)6-4-16/h3-10,14,17H,11-13H2,1-2H3. The number of benzene rings is 1. The van der Waals surface area contributed by atoms with Gasteiger partial charge in [0.05, 0.1) is 7.11 Å². The highest BCUT2D eigenvalue weighted by molar-refractivity contribution is 5.65. The van der Waals surface area contributed by atoms with Crippen LogP contribution in [0, 0.1) is 5.82 Å². The molecule has 0 N–H and O–H groups in total. The first-order chi connectivity index (χ1) is 13.7. The second-order valence-electron chi connectivity index (χ2n) is 6.92. The predicted octanol–water partition coefficient (Wildman–Crippen LogP) is 3.01. The molecule has 0 atom stereocenters. The lowest BCUT2D eigenvalue weighted by atomic mass is 10.1. The second kappa shape index (κ2) is 7.90. The smallest absolute Gasteiger partial charge is 0.191 e. The van der Waals surface area contributed by atoms with E-state index in [1.807, 2.05) is 17.0 Å². The zero-order valence-corrected chi connectivity index (χ0v) is 15.9. The van der Waals surface area contributed by atoms with E-state index in [2.05, 4.69) is 26.9 Å². The third-order valence-corrected chi connectivity index (χ3v) is 5.10. The summed E-state index contributed by atoms with van der Waals surface area (Å²) in [5.74, 6) is 0.693. The second-order valence-corrected chi connectivity index (χ2v) is 6.92. The molecule has 0 bridgehead atoms. The first kappa shape index (κ1) is 18.3. The van der Waals surface area contributed by atoms with E-state index in [0.29, 0.717) is 23.1 Å². The molecule has 7 heteroatoms. The van der Waals surface area contributed by atoms with Gasteiger partial charge in [-0.2, -0.15) is 0 Å². The van der Waals surface area contributed by atoms with Crippen molar-refractivity contribution >= 4 is 5.82 Å². The number of halogens is 1. The van der Waals surface area contributed by atoms with Crippen LogP contribution in [0.25, 0.3) is 11.3 Å². The van der Waals surface area contributed by atoms with Gasteiger partial charge in [-0.15, -0.1) is 0 Å². The minimum absolute atomic E-state index is 0.307. The van der Waals surface area contributed by atoms with Crippen molar-refractivity contribution in [3.63, 3.8) is 0 Å². The molecule has 0 amide bonds. The quantitative estimate of drug-likeness (QED) is 0.656. The van der Waals surface area contributed by atoms with Gasteiger partial charge in [0.1, 0.15) is 17.8 Å². The Bertz CT molecular complexity index is 929. The van der Waals surface area contributed by atoms with Gasteiger partial charge in [-0.25, -0.2) is 14.4 Å². The minimum atomic E-state index is -0.386. The summed E-state index contributed by atoms with van der Waals surface area (Å²) < 4.78 is 20.2. The number of anilines is 1. The third kappa shape index (κ3) is 3.66. The number of methoxy groups -OCH3 is 1. The van der Waals surface area contributed by atoms with Crippen LogP contribution in [0.15, 0.2) is 55.1 Å². The van der Waals surface area contributed by atoms with Crippen LogP contribution in [-0.2, 0) is 6.54 Å². The van der Waals surface area contributed by atoms with Gasteiger partial charge in [-0.1, -0.05) is 0 Å². The molecule has 1 aliphatic rings. The van der Waals surface area contributed by atoms with Crippen molar-refractivity contribution in [2.24, 2.45) is 0 Å². The number of nitrogens with zero attached hydrogens (tertiary/aromatic N) is 5. The topological polar surface area (TPSA) is 54.4 Å². The van der Waals surface area contributed by atoms with Crippen LogP contribution in [0.3, 0.4) is 0 Å². The van der Waals surface area contributed by atoms with Crippen molar-refractivity contribution in [1.29, 1.82) is 0 Å². The Morgan fingerprint density at radius 1 is 1.11 bits per heavy atom. The van der Waals surface area contributed by atoms with Crippen LogP contribution in [-0.4, -0.2) is 53.1 Å². The van der Waals surface area contributed by atoms with Gasteiger partial charge in [-0.3, -0.25) is 9.88 Å². The fourth-order valence-electron chi connectivity index (χ4n) is 3.34. The van der Waals surface area contributed by atoms with Crippen molar-refractivity contribution in [3.8, 4) is 17.0 Å².